The fourth-order valence-electron chi connectivity index (χ4n) is 3.51. The van der Waals surface area contributed by atoms with Crippen LogP contribution in [0.15, 0.2) is 29.3 Å². The highest BCUT2D eigenvalue weighted by molar-refractivity contribution is 5.92. The molecule has 1 heterocycles. The molecule has 1 aliphatic heterocycles. The van der Waals surface area contributed by atoms with Crippen LogP contribution in [0, 0.1) is 5.92 Å². The maximum atomic E-state index is 6.13. The molecule has 25 heavy (non-hydrogen) atoms. The minimum Gasteiger partial charge on any atom is -0.379 e. The molecule has 1 fully saturated rings. The molecule has 2 rings (SSSR count). The van der Waals surface area contributed by atoms with Gasteiger partial charge >= 0.3 is 0 Å². The second-order valence-corrected chi connectivity index (χ2v) is 6.69. The van der Waals surface area contributed by atoms with Crippen molar-refractivity contribution in [3.05, 3.63) is 29.8 Å². The summed E-state index contributed by atoms with van der Waals surface area (Å²) in [5.74, 6) is 1.13. The first-order valence-corrected chi connectivity index (χ1v) is 9.65. The van der Waals surface area contributed by atoms with Crippen molar-refractivity contribution >= 4 is 11.6 Å². The van der Waals surface area contributed by atoms with Gasteiger partial charge in [0.1, 0.15) is 0 Å². The maximum absolute atomic E-state index is 6.13. The molecule has 5 nitrogen and oxygen atoms in total. The van der Waals surface area contributed by atoms with Gasteiger partial charge < -0.3 is 15.8 Å². The minimum absolute atomic E-state index is 0.432. The Morgan fingerprint density at radius 1 is 1.16 bits per heavy atom. The number of aryl methyl sites for hydroxylation is 1. The van der Waals surface area contributed by atoms with Crippen molar-refractivity contribution in [3.63, 3.8) is 0 Å². The number of nitrogens with zero attached hydrogens (tertiary/aromatic N) is 2. The number of aliphatic imine (C=N–C) groups is 1. The predicted octanol–water partition coefficient (Wildman–Crippen LogP) is 3.11. The molecule has 1 aliphatic rings. The lowest BCUT2D eigenvalue weighted by Gasteiger charge is -2.38. The average molecular weight is 347 g/mol. The Morgan fingerprint density at radius 3 is 2.36 bits per heavy atom. The number of ether oxygens (including phenoxy) is 1. The van der Waals surface area contributed by atoms with Gasteiger partial charge in [0.05, 0.1) is 19.8 Å². The lowest BCUT2D eigenvalue weighted by Crippen LogP contribution is -2.48. The van der Waals surface area contributed by atoms with Gasteiger partial charge in [0, 0.05) is 24.8 Å². The Balaban J connectivity index is 1.99. The van der Waals surface area contributed by atoms with E-state index in [9.17, 15) is 0 Å². The molecule has 0 bridgehead atoms. The van der Waals surface area contributed by atoms with Crippen molar-refractivity contribution in [1.29, 1.82) is 0 Å². The van der Waals surface area contributed by atoms with Gasteiger partial charge in [-0.1, -0.05) is 45.7 Å². The Labute approximate surface area is 152 Å². The van der Waals surface area contributed by atoms with E-state index in [1.54, 1.807) is 0 Å². The number of hydrogen-bond donors (Lipinski definition) is 2. The van der Waals surface area contributed by atoms with E-state index >= 15 is 0 Å². The highest BCUT2D eigenvalue weighted by atomic mass is 16.5. The van der Waals surface area contributed by atoms with Crippen LogP contribution in [0.5, 0.6) is 0 Å². The van der Waals surface area contributed by atoms with E-state index in [0.29, 0.717) is 17.9 Å². The highest BCUT2D eigenvalue weighted by Crippen LogP contribution is 2.20. The van der Waals surface area contributed by atoms with E-state index in [0.717, 1.165) is 45.0 Å². The SMILES string of the molecule is CCc1ccc(NC(N)=NCC(C(CC)CC)N2CCOCC2)cc1. The molecule has 1 atom stereocenters. The van der Waals surface area contributed by atoms with Crippen molar-refractivity contribution in [1.82, 2.24) is 4.90 Å². The standard InChI is InChI=1S/C20H34N4O/c1-4-16-7-9-18(10-8-16)23-20(21)22-15-19(17(5-2)6-3)24-11-13-25-14-12-24/h7-10,17,19H,4-6,11-15H2,1-3H3,(H3,21,22,23). The van der Waals surface area contributed by atoms with E-state index in [1.807, 2.05) is 0 Å². The van der Waals surface area contributed by atoms with Crippen LogP contribution in [-0.4, -0.2) is 49.7 Å². The average Bonchev–Trinajstić information content (AvgIpc) is 2.66. The summed E-state index contributed by atoms with van der Waals surface area (Å²) in [5, 5.41) is 3.21. The molecule has 0 saturated carbocycles. The largest absolute Gasteiger partial charge is 0.379 e. The van der Waals surface area contributed by atoms with Crippen LogP contribution in [-0.2, 0) is 11.2 Å². The van der Waals surface area contributed by atoms with Crippen molar-refractivity contribution in [2.75, 3.05) is 38.2 Å². The van der Waals surface area contributed by atoms with E-state index in [1.165, 1.54) is 18.4 Å². The number of nitrogens with one attached hydrogen (secondary N) is 1. The summed E-state index contributed by atoms with van der Waals surface area (Å²) < 4.78 is 5.51. The summed E-state index contributed by atoms with van der Waals surface area (Å²) in [6.07, 6.45) is 3.38. The first kappa shape index (κ1) is 19.7. The molecule has 5 heteroatoms. The molecule has 0 aliphatic carbocycles. The zero-order valence-electron chi connectivity index (χ0n) is 16.0. The molecular weight excluding hydrogens is 312 g/mol. The van der Waals surface area contributed by atoms with E-state index in [4.69, 9.17) is 10.5 Å². The van der Waals surface area contributed by atoms with Crippen molar-refractivity contribution in [2.24, 2.45) is 16.6 Å². The molecule has 140 valence electrons. The van der Waals surface area contributed by atoms with E-state index in [-0.39, 0.29) is 0 Å². The molecular formula is C20H34N4O. The molecule has 0 aromatic heterocycles. The first-order valence-electron chi connectivity index (χ1n) is 9.65. The van der Waals surface area contributed by atoms with Crippen LogP contribution in [0.25, 0.3) is 0 Å². The minimum atomic E-state index is 0.432. The fourth-order valence-corrected chi connectivity index (χ4v) is 3.51. The van der Waals surface area contributed by atoms with E-state index < -0.39 is 0 Å². The molecule has 3 N–H and O–H groups in total. The molecule has 0 amide bonds. The van der Waals surface area contributed by atoms with E-state index in [2.05, 4.69) is 60.2 Å². The smallest absolute Gasteiger partial charge is 0.193 e. The van der Waals surface area contributed by atoms with Gasteiger partial charge in [-0.3, -0.25) is 9.89 Å². The molecule has 1 unspecified atom stereocenters. The Hall–Kier alpha value is -1.59. The molecule has 1 saturated heterocycles. The number of nitrogens with two attached hydrogens (primary N) is 1. The van der Waals surface area contributed by atoms with Gasteiger partial charge in [0.25, 0.3) is 0 Å². The van der Waals surface area contributed by atoms with Crippen molar-refractivity contribution < 1.29 is 4.74 Å². The third-order valence-electron chi connectivity index (χ3n) is 5.19. The van der Waals surface area contributed by atoms with Crippen LogP contribution < -0.4 is 11.1 Å². The molecule has 1 aromatic rings. The first-order chi connectivity index (χ1) is 12.2. The molecule has 1 aromatic carbocycles. The summed E-state index contributed by atoms with van der Waals surface area (Å²) >= 11 is 0. The summed E-state index contributed by atoms with van der Waals surface area (Å²) in [5.41, 5.74) is 8.44. The normalized spacial score (nSPS) is 17.7. The van der Waals surface area contributed by atoms with Crippen LogP contribution in [0.3, 0.4) is 0 Å². The van der Waals surface area contributed by atoms with Gasteiger partial charge in [0.15, 0.2) is 5.96 Å². The van der Waals surface area contributed by atoms with Gasteiger partial charge in [0.2, 0.25) is 0 Å². The van der Waals surface area contributed by atoms with Crippen LogP contribution in [0.4, 0.5) is 5.69 Å². The van der Waals surface area contributed by atoms with Gasteiger partial charge in [-0.15, -0.1) is 0 Å². The summed E-state index contributed by atoms with van der Waals surface area (Å²) in [6.45, 7) is 11.0. The number of benzene rings is 1. The second kappa shape index (κ2) is 10.4. The Bertz CT molecular complexity index is 519. The Morgan fingerprint density at radius 2 is 1.80 bits per heavy atom. The molecule has 0 radical (unpaired) electrons. The summed E-state index contributed by atoms with van der Waals surface area (Å²) in [7, 11) is 0. The van der Waals surface area contributed by atoms with Crippen LogP contribution in [0.1, 0.15) is 39.2 Å². The fraction of sp³-hybridized carbons (Fsp3) is 0.650. The monoisotopic (exact) mass is 346 g/mol. The lowest BCUT2D eigenvalue weighted by atomic mass is 9.92. The van der Waals surface area contributed by atoms with Crippen molar-refractivity contribution in [2.45, 2.75) is 46.1 Å². The summed E-state index contributed by atoms with van der Waals surface area (Å²) in [4.78, 5) is 7.18. The Kier molecular flexibility index (Phi) is 8.22. The highest BCUT2D eigenvalue weighted by Gasteiger charge is 2.26. The van der Waals surface area contributed by atoms with Crippen LogP contribution >= 0.6 is 0 Å². The zero-order chi connectivity index (χ0) is 18.1. The second-order valence-electron chi connectivity index (χ2n) is 6.69. The molecule has 0 spiro atoms. The quantitative estimate of drug-likeness (QED) is 0.561. The number of guanidine groups is 1. The van der Waals surface area contributed by atoms with Crippen LogP contribution in [0.2, 0.25) is 0 Å². The van der Waals surface area contributed by atoms with Gasteiger partial charge in [-0.05, 0) is 30.0 Å². The third kappa shape index (κ3) is 6.01. The topological polar surface area (TPSA) is 62.9 Å². The third-order valence-corrected chi connectivity index (χ3v) is 5.19. The predicted molar refractivity (Wildman–Crippen MR) is 106 cm³/mol. The number of hydrogen-bond acceptors (Lipinski definition) is 3. The maximum Gasteiger partial charge on any atom is 0.193 e. The van der Waals surface area contributed by atoms with Gasteiger partial charge in [-0.2, -0.15) is 0 Å². The number of anilines is 1. The zero-order valence-corrected chi connectivity index (χ0v) is 16.0. The lowest BCUT2D eigenvalue weighted by molar-refractivity contribution is 0.00398. The number of rotatable bonds is 8. The summed E-state index contributed by atoms with van der Waals surface area (Å²) in [6, 6.07) is 8.79. The van der Waals surface area contributed by atoms with Gasteiger partial charge in [-0.25, -0.2) is 0 Å². The number of morpholine rings is 1. The van der Waals surface area contributed by atoms with Crippen molar-refractivity contribution in [3.8, 4) is 0 Å².